The van der Waals surface area contributed by atoms with E-state index in [1.165, 1.54) is 0 Å². The molecule has 1 heterocycles. The molecule has 6 heteroatoms. The van der Waals surface area contributed by atoms with Crippen molar-refractivity contribution in [2.24, 2.45) is 0 Å². The van der Waals surface area contributed by atoms with E-state index in [-0.39, 0.29) is 11.6 Å². The molecule has 0 saturated heterocycles. The van der Waals surface area contributed by atoms with Crippen LogP contribution >= 0.6 is 22.6 Å². The van der Waals surface area contributed by atoms with Crippen molar-refractivity contribution in [1.29, 1.82) is 0 Å². The molecule has 1 aromatic heterocycles. The lowest BCUT2D eigenvalue weighted by Crippen LogP contribution is -2.06. The van der Waals surface area contributed by atoms with Crippen LogP contribution in [0.5, 0.6) is 5.75 Å². The average Bonchev–Trinajstić information content (AvgIpc) is 2.76. The highest BCUT2D eigenvalue weighted by Crippen LogP contribution is 2.30. The summed E-state index contributed by atoms with van der Waals surface area (Å²) >= 11 is 2.04. The molecular weight excluding hydrogens is 371 g/mol. The van der Waals surface area contributed by atoms with Crippen LogP contribution in [0.15, 0.2) is 24.3 Å². The van der Waals surface area contributed by atoms with Crippen molar-refractivity contribution < 1.29 is 14.6 Å². The molecule has 20 heavy (non-hydrogen) atoms. The molecule has 0 radical (unpaired) electrons. The van der Waals surface area contributed by atoms with Gasteiger partial charge in [0.2, 0.25) is 0 Å². The number of hydrogen-bond donors (Lipinski definition) is 1. The van der Waals surface area contributed by atoms with Crippen LogP contribution in [0.25, 0.3) is 5.69 Å². The van der Waals surface area contributed by atoms with Crippen LogP contribution in [0, 0.1) is 3.57 Å². The maximum absolute atomic E-state index is 11.3. The smallest absolute Gasteiger partial charge is 0.357 e. The number of nitrogens with zero attached hydrogens (tertiary/aromatic N) is 2. The summed E-state index contributed by atoms with van der Waals surface area (Å²) in [5, 5.41) is 13.5. The number of ether oxygens (including phenoxy) is 1. The number of carbonyl (C=O) groups is 1. The lowest BCUT2D eigenvalue weighted by atomic mass is 10.1. The number of carboxylic acid groups (broad SMARTS) is 1. The van der Waals surface area contributed by atoms with Crippen molar-refractivity contribution in [3.63, 3.8) is 0 Å². The number of para-hydroxylation sites is 2. The van der Waals surface area contributed by atoms with Crippen LogP contribution in [0.2, 0.25) is 0 Å². The van der Waals surface area contributed by atoms with Gasteiger partial charge in [-0.05, 0) is 40.6 Å². The number of aromatic nitrogens is 2. The van der Waals surface area contributed by atoms with Gasteiger partial charge in [-0.2, -0.15) is 5.10 Å². The molecule has 0 spiro atoms. The van der Waals surface area contributed by atoms with E-state index in [1.54, 1.807) is 11.8 Å². The van der Waals surface area contributed by atoms with Crippen molar-refractivity contribution in [3.8, 4) is 11.4 Å². The second-order valence-electron chi connectivity index (χ2n) is 4.59. The third-order valence-electron chi connectivity index (χ3n) is 2.92. The van der Waals surface area contributed by atoms with Gasteiger partial charge in [0.05, 0.1) is 16.4 Å². The third kappa shape index (κ3) is 2.52. The Morgan fingerprint density at radius 1 is 1.40 bits per heavy atom. The molecule has 0 bridgehead atoms. The number of halogens is 1. The van der Waals surface area contributed by atoms with Crippen molar-refractivity contribution in [2.45, 2.75) is 19.8 Å². The van der Waals surface area contributed by atoms with Crippen LogP contribution < -0.4 is 4.74 Å². The summed E-state index contributed by atoms with van der Waals surface area (Å²) in [5.74, 6) is -0.220. The molecule has 0 atom stereocenters. The highest BCUT2D eigenvalue weighted by molar-refractivity contribution is 14.1. The zero-order valence-electron chi connectivity index (χ0n) is 11.4. The Bertz CT molecular complexity index is 650. The fourth-order valence-corrected chi connectivity index (χ4v) is 3.22. The normalized spacial score (nSPS) is 10.8. The zero-order valence-corrected chi connectivity index (χ0v) is 13.6. The summed E-state index contributed by atoms with van der Waals surface area (Å²) in [6, 6.07) is 7.43. The minimum Gasteiger partial charge on any atom is -0.494 e. The minimum absolute atomic E-state index is 0.0696. The van der Waals surface area contributed by atoms with Crippen LogP contribution in [0.3, 0.4) is 0 Å². The lowest BCUT2D eigenvalue weighted by molar-refractivity contribution is 0.0689. The van der Waals surface area contributed by atoms with Gasteiger partial charge in [0, 0.05) is 0 Å². The second-order valence-corrected chi connectivity index (χ2v) is 5.67. The number of rotatable bonds is 4. The maximum Gasteiger partial charge on any atom is 0.357 e. The van der Waals surface area contributed by atoms with Crippen molar-refractivity contribution in [3.05, 3.63) is 39.2 Å². The highest BCUT2D eigenvalue weighted by atomic mass is 127. The molecule has 0 aliphatic carbocycles. The largest absolute Gasteiger partial charge is 0.494 e. The molecule has 2 rings (SSSR count). The molecule has 1 aromatic carbocycles. The predicted octanol–water partition coefficient (Wildman–Crippen LogP) is 3.31. The number of methoxy groups -OCH3 is 1. The van der Waals surface area contributed by atoms with Gasteiger partial charge in [-0.25, -0.2) is 9.48 Å². The van der Waals surface area contributed by atoms with Gasteiger partial charge < -0.3 is 9.84 Å². The van der Waals surface area contributed by atoms with E-state index in [2.05, 4.69) is 5.10 Å². The fraction of sp³-hybridized carbons (Fsp3) is 0.286. The Balaban J connectivity index is 2.73. The van der Waals surface area contributed by atoms with E-state index in [4.69, 9.17) is 4.74 Å². The van der Waals surface area contributed by atoms with Crippen molar-refractivity contribution >= 4 is 28.6 Å². The molecule has 106 valence electrons. The summed E-state index contributed by atoms with van der Waals surface area (Å²) in [4.78, 5) is 11.3. The predicted molar refractivity (Wildman–Crippen MR) is 83.9 cm³/mol. The SMILES string of the molecule is COc1ccccc1-n1nc(C(=O)O)c(I)c1C(C)C. The Morgan fingerprint density at radius 3 is 2.60 bits per heavy atom. The van der Waals surface area contributed by atoms with E-state index in [0.717, 1.165) is 11.4 Å². The number of benzene rings is 1. The fourth-order valence-electron chi connectivity index (χ4n) is 2.04. The molecule has 0 unspecified atom stereocenters. The van der Waals surface area contributed by atoms with E-state index in [9.17, 15) is 9.90 Å². The molecular formula is C14H15IN2O3. The van der Waals surface area contributed by atoms with Crippen molar-refractivity contribution in [1.82, 2.24) is 9.78 Å². The molecule has 0 aliphatic rings. The number of carboxylic acids is 1. The molecule has 0 amide bonds. The monoisotopic (exact) mass is 386 g/mol. The quantitative estimate of drug-likeness (QED) is 0.820. The van der Waals surface area contributed by atoms with Crippen molar-refractivity contribution in [2.75, 3.05) is 7.11 Å². The Kier molecular flexibility index (Phi) is 4.32. The number of aromatic carboxylic acids is 1. The summed E-state index contributed by atoms with van der Waals surface area (Å²) in [5.41, 5.74) is 1.68. The highest BCUT2D eigenvalue weighted by Gasteiger charge is 2.24. The first kappa shape index (κ1) is 14.8. The first-order chi connectivity index (χ1) is 9.47. The summed E-state index contributed by atoms with van der Waals surface area (Å²) in [6.45, 7) is 4.02. The van der Waals surface area contributed by atoms with Gasteiger partial charge in [0.15, 0.2) is 5.69 Å². The Hall–Kier alpha value is -1.57. The van der Waals surface area contributed by atoms with E-state index < -0.39 is 5.97 Å². The first-order valence-corrected chi connectivity index (χ1v) is 7.20. The van der Waals surface area contributed by atoms with Crippen LogP contribution in [-0.4, -0.2) is 28.0 Å². The van der Waals surface area contributed by atoms with E-state index >= 15 is 0 Å². The van der Waals surface area contributed by atoms with Gasteiger partial charge in [-0.1, -0.05) is 26.0 Å². The second kappa shape index (κ2) is 5.82. The maximum atomic E-state index is 11.3. The standard InChI is InChI=1S/C14H15IN2O3/c1-8(2)13-11(15)12(14(18)19)16-17(13)9-6-4-5-7-10(9)20-3/h4-8H,1-3H3,(H,18,19). The van der Waals surface area contributed by atoms with E-state index in [1.807, 2.05) is 60.7 Å². The Morgan fingerprint density at radius 2 is 2.05 bits per heavy atom. The summed E-state index contributed by atoms with van der Waals surface area (Å²) < 4.78 is 7.66. The number of hydrogen-bond acceptors (Lipinski definition) is 3. The van der Waals surface area contributed by atoms with Crippen LogP contribution in [-0.2, 0) is 0 Å². The van der Waals surface area contributed by atoms with Gasteiger partial charge >= 0.3 is 5.97 Å². The summed E-state index contributed by atoms with van der Waals surface area (Å²) in [7, 11) is 1.58. The average molecular weight is 386 g/mol. The van der Waals surface area contributed by atoms with Gasteiger partial charge in [-0.15, -0.1) is 0 Å². The molecule has 1 N–H and O–H groups in total. The van der Waals surface area contributed by atoms with Gasteiger partial charge in [0.1, 0.15) is 11.4 Å². The van der Waals surface area contributed by atoms with Gasteiger partial charge in [-0.3, -0.25) is 0 Å². The molecule has 0 aliphatic heterocycles. The minimum atomic E-state index is -1.02. The molecule has 2 aromatic rings. The lowest BCUT2D eigenvalue weighted by Gasteiger charge is -2.13. The summed E-state index contributed by atoms with van der Waals surface area (Å²) in [6.07, 6.45) is 0. The topological polar surface area (TPSA) is 64.4 Å². The molecule has 0 fully saturated rings. The Labute approximate surface area is 130 Å². The molecule has 5 nitrogen and oxygen atoms in total. The van der Waals surface area contributed by atoms with E-state index in [0.29, 0.717) is 9.32 Å². The molecule has 0 saturated carbocycles. The first-order valence-electron chi connectivity index (χ1n) is 6.12. The van der Waals surface area contributed by atoms with Gasteiger partial charge in [0.25, 0.3) is 0 Å². The zero-order chi connectivity index (χ0) is 14.9. The third-order valence-corrected chi connectivity index (χ3v) is 3.99. The van der Waals surface area contributed by atoms with Crippen LogP contribution in [0.4, 0.5) is 0 Å². The van der Waals surface area contributed by atoms with Crippen LogP contribution in [0.1, 0.15) is 35.9 Å².